The number of halogens is 4. The first-order valence-electron chi connectivity index (χ1n) is 14.1. The third-order valence-corrected chi connectivity index (χ3v) is 15.7. The molecule has 0 atom stereocenters. The number of nitrogens with zero attached hydrogens (tertiary/aromatic N) is 2. The molecule has 10 aromatic rings. The van der Waals surface area contributed by atoms with E-state index in [1.165, 1.54) is 0 Å². The van der Waals surface area contributed by atoms with Crippen LogP contribution in [0.5, 0.6) is 0 Å². The molecule has 0 unspecified atom stereocenters. The fourth-order valence-corrected chi connectivity index (χ4v) is 13.9. The summed E-state index contributed by atoms with van der Waals surface area (Å²) in [5.41, 5.74) is 0.153. The fourth-order valence-electron chi connectivity index (χ4n) is 6.26. The summed E-state index contributed by atoms with van der Waals surface area (Å²) < 4.78 is 69.4. The number of hydrogen-bond acceptors (Lipinski definition) is 4. The van der Waals surface area contributed by atoms with Gasteiger partial charge in [-0.05, 0) is 0 Å². The Labute approximate surface area is 276 Å². The number of thiophene rings is 2. The normalized spacial score (nSPS) is 12.3. The number of benzene rings is 4. The molecule has 0 saturated heterocycles. The summed E-state index contributed by atoms with van der Waals surface area (Å²) in [6, 6.07) is 21.9. The molecular weight excluding hydrogens is 758 g/mol. The molecule has 2 nitrogen and oxygen atoms in total. The molecule has 0 radical (unpaired) electrons. The first kappa shape index (κ1) is 27.3. The van der Waals surface area contributed by atoms with E-state index in [-0.39, 0.29) is 11.4 Å². The third-order valence-electron chi connectivity index (χ3n) is 8.48. The van der Waals surface area contributed by atoms with Crippen molar-refractivity contribution in [1.29, 1.82) is 0 Å². The molecule has 10 heteroatoms. The van der Waals surface area contributed by atoms with Crippen LogP contribution in [-0.2, 0) is 0 Å². The summed E-state index contributed by atoms with van der Waals surface area (Å²) >= 11 is 2.29. The maximum atomic E-state index is 16.0. The molecule has 0 saturated carbocycles. The molecule has 0 aliphatic rings. The van der Waals surface area contributed by atoms with Crippen LogP contribution in [0.2, 0.25) is 0 Å². The Balaban J connectivity index is 1.13. The van der Waals surface area contributed by atoms with Gasteiger partial charge in [0.05, 0.1) is 0 Å². The van der Waals surface area contributed by atoms with E-state index >= 15 is 17.6 Å². The van der Waals surface area contributed by atoms with E-state index in [4.69, 9.17) is 0 Å². The standard InChI is InChI=1S/C36H14F4N2S2Se2/c37-27-17-7-3-1-5-15(17)13-41-31(27)35-29(39)21-9-19-23(11-25(21)45-35)43-34-20-10-22-26(12-24(20)44-33(19)34)46-36(30(22)40)32-28(38)18-8-4-2-6-16(18)14-42-32/h1-14H. The van der Waals surface area contributed by atoms with E-state index < -0.39 is 52.3 Å². The van der Waals surface area contributed by atoms with E-state index in [1.54, 1.807) is 71.5 Å². The molecule has 10 rings (SSSR count). The Bertz CT molecular complexity index is 2740. The van der Waals surface area contributed by atoms with Crippen LogP contribution in [0.15, 0.2) is 85.2 Å². The van der Waals surface area contributed by atoms with Crippen molar-refractivity contribution in [2.45, 2.75) is 0 Å². The summed E-state index contributed by atoms with van der Waals surface area (Å²) in [7, 11) is 0. The van der Waals surface area contributed by atoms with Crippen molar-refractivity contribution in [3.8, 4) is 20.3 Å². The van der Waals surface area contributed by atoms with Gasteiger partial charge in [-0.1, -0.05) is 0 Å². The van der Waals surface area contributed by atoms with Crippen molar-refractivity contribution >= 4 is 122 Å². The second-order valence-electron chi connectivity index (χ2n) is 11.1. The zero-order valence-corrected chi connectivity index (χ0v) is 28.2. The first-order chi connectivity index (χ1) is 22.4. The van der Waals surface area contributed by atoms with E-state index in [2.05, 4.69) is 9.97 Å². The molecule has 0 spiro atoms. The van der Waals surface area contributed by atoms with Crippen molar-refractivity contribution in [2.75, 3.05) is 0 Å². The van der Waals surface area contributed by atoms with Crippen LogP contribution in [0.3, 0.4) is 0 Å². The predicted molar refractivity (Wildman–Crippen MR) is 185 cm³/mol. The van der Waals surface area contributed by atoms with Crippen LogP contribution < -0.4 is 0 Å². The average Bonchev–Trinajstić information content (AvgIpc) is 3.79. The molecular formula is C36H14F4N2S2Se2. The van der Waals surface area contributed by atoms with E-state index in [0.717, 1.165) is 38.1 Å². The topological polar surface area (TPSA) is 25.8 Å². The van der Waals surface area contributed by atoms with Gasteiger partial charge in [-0.3, -0.25) is 0 Å². The average molecular weight is 773 g/mol. The quantitative estimate of drug-likeness (QED) is 0.129. The molecule has 0 amide bonds. The molecule has 0 fully saturated rings. The molecule has 0 aliphatic heterocycles. The number of rotatable bonds is 2. The van der Waals surface area contributed by atoms with Crippen LogP contribution in [0.4, 0.5) is 17.6 Å². The van der Waals surface area contributed by atoms with Crippen molar-refractivity contribution in [3.05, 3.63) is 108 Å². The molecule has 6 heterocycles. The van der Waals surface area contributed by atoms with Gasteiger partial charge >= 0.3 is 278 Å². The van der Waals surface area contributed by atoms with Gasteiger partial charge < -0.3 is 0 Å². The Hall–Kier alpha value is -3.88. The van der Waals surface area contributed by atoms with Crippen LogP contribution in [-0.4, -0.2) is 39.0 Å². The van der Waals surface area contributed by atoms with Crippen molar-refractivity contribution in [1.82, 2.24) is 9.97 Å². The molecule has 220 valence electrons. The van der Waals surface area contributed by atoms with Crippen LogP contribution in [0.1, 0.15) is 0 Å². The van der Waals surface area contributed by atoms with Crippen molar-refractivity contribution < 1.29 is 17.6 Å². The minimum atomic E-state index is -0.495. The van der Waals surface area contributed by atoms with E-state index in [9.17, 15) is 0 Å². The zero-order chi connectivity index (χ0) is 30.8. The van der Waals surface area contributed by atoms with Crippen molar-refractivity contribution in [3.63, 3.8) is 0 Å². The second kappa shape index (κ2) is 9.81. The molecule has 0 aliphatic carbocycles. The van der Waals surface area contributed by atoms with Gasteiger partial charge in [0.15, 0.2) is 0 Å². The molecule has 0 N–H and O–H groups in total. The fraction of sp³-hybridized carbons (Fsp3) is 0. The minimum absolute atomic E-state index is 0.0763. The number of hydrogen-bond donors (Lipinski definition) is 0. The van der Waals surface area contributed by atoms with Crippen LogP contribution in [0, 0.1) is 23.3 Å². The summed E-state index contributed by atoms with van der Waals surface area (Å²) in [6.07, 6.45) is 3.20. The van der Waals surface area contributed by atoms with Gasteiger partial charge in [0.25, 0.3) is 0 Å². The summed E-state index contributed by atoms with van der Waals surface area (Å²) in [4.78, 5) is 8.65. The SMILES string of the molecule is Fc1c(-c2[se]c3cc4sc5c6cc7c(F)c(-c8ncc9ccccc9c8F)[se]c7cc6sc5c4cc3c2F)ncc2ccccc12. The molecule has 46 heavy (non-hydrogen) atoms. The van der Waals surface area contributed by atoms with Gasteiger partial charge in [0.2, 0.25) is 0 Å². The number of fused-ring (bicyclic) bond motifs is 9. The van der Waals surface area contributed by atoms with Gasteiger partial charge in [0.1, 0.15) is 0 Å². The van der Waals surface area contributed by atoms with Gasteiger partial charge in [-0.25, -0.2) is 0 Å². The Kier molecular flexibility index (Phi) is 5.81. The Morgan fingerprint density at radius 2 is 0.913 bits per heavy atom. The third kappa shape index (κ3) is 3.74. The number of aromatic nitrogens is 2. The zero-order valence-electron chi connectivity index (χ0n) is 23.1. The van der Waals surface area contributed by atoms with Crippen LogP contribution in [0.25, 0.3) is 90.7 Å². The molecule has 0 bridgehead atoms. The van der Waals surface area contributed by atoms with E-state index in [0.29, 0.717) is 41.2 Å². The summed E-state index contributed by atoms with van der Waals surface area (Å²) in [6.45, 7) is 0. The first-order valence-corrected chi connectivity index (χ1v) is 19.2. The maximum absolute atomic E-state index is 16.0. The summed E-state index contributed by atoms with van der Waals surface area (Å²) in [5.74, 6) is -1.83. The van der Waals surface area contributed by atoms with E-state index in [1.807, 2.05) is 36.4 Å². The van der Waals surface area contributed by atoms with Crippen LogP contribution >= 0.6 is 22.7 Å². The van der Waals surface area contributed by atoms with Gasteiger partial charge in [0, 0.05) is 0 Å². The Morgan fingerprint density at radius 3 is 1.37 bits per heavy atom. The molecule has 6 aromatic heterocycles. The van der Waals surface area contributed by atoms with Gasteiger partial charge in [-0.2, -0.15) is 0 Å². The second-order valence-corrected chi connectivity index (χ2v) is 17.6. The Morgan fingerprint density at radius 1 is 0.478 bits per heavy atom. The number of pyridine rings is 2. The van der Waals surface area contributed by atoms with Gasteiger partial charge in [-0.15, -0.1) is 0 Å². The molecule has 4 aromatic carbocycles. The predicted octanol–water partition coefficient (Wildman–Crippen LogP) is 10.7. The van der Waals surface area contributed by atoms with Crippen molar-refractivity contribution in [2.24, 2.45) is 0 Å². The monoisotopic (exact) mass is 774 g/mol. The summed E-state index contributed by atoms with van der Waals surface area (Å²) in [5, 5.41) is 5.06.